The highest BCUT2D eigenvalue weighted by molar-refractivity contribution is 5.65. The van der Waals surface area contributed by atoms with Gasteiger partial charge in [-0.05, 0) is 36.0 Å². The smallest absolute Gasteiger partial charge is 0.416 e. The van der Waals surface area contributed by atoms with Crippen molar-refractivity contribution in [3.05, 3.63) is 57.8 Å². The molecule has 1 fully saturated rings. The minimum absolute atomic E-state index is 0.157. The standard InChI is InChI=1S/C22H24F3N5O5/c1-21(14-29-12-18(30(33)34)26-19(29)35-21)13-28-9-8-27(20(31)32)11-17(28)7-3-5-15-4-2-6-16(10-15)22(23,24)25/h2-6,10,12,17H,7-9,11,13-14H2,1H3,(H,31,32)/t17?,21-/m0/s1. The number of nitrogens with zero attached hydrogens (tertiary/aromatic N) is 5. The summed E-state index contributed by atoms with van der Waals surface area (Å²) in [7, 11) is 0. The van der Waals surface area contributed by atoms with E-state index in [-0.39, 0.29) is 24.4 Å². The van der Waals surface area contributed by atoms with Crippen molar-refractivity contribution in [1.29, 1.82) is 0 Å². The largest absolute Gasteiger partial charge is 0.465 e. The van der Waals surface area contributed by atoms with Crippen molar-refractivity contribution in [3.63, 3.8) is 0 Å². The van der Waals surface area contributed by atoms with E-state index >= 15 is 0 Å². The fourth-order valence-corrected chi connectivity index (χ4v) is 4.47. The molecule has 0 spiro atoms. The SMILES string of the molecule is C[C@]1(CN2CCN(C(=O)O)CC2CC=Cc2cccc(C(F)(F)F)c2)Cn2cc([N+](=O)[O-])nc2O1. The second-order valence-electron chi connectivity index (χ2n) is 8.93. The Morgan fingerprint density at radius 2 is 2.17 bits per heavy atom. The summed E-state index contributed by atoms with van der Waals surface area (Å²) in [4.78, 5) is 29.2. The highest BCUT2D eigenvalue weighted by Crippen LogP contribution is 2.33. The van der Waals surface area contributed by atoms with Gasteiger partial charge in [0.15, 0.2) is 0 Å². The van der Waals surface area contributed by atoms with Gasteiger partial charge in [0.2, 0.25) is 0 Å². The van der Waals surface area contributed by atoms with Crippen LogP contribution in [0.15, 0.2) is 36.5 Å². The van der Waals surface area contributed by atoms with E-state index in [1.54, 1.807) is 22.8 Å². The predicted octanol–water partition coefficient (Wildman–Crippen LogP) is 3.73. The molecule has 0 saturated carbocycles. The Kier molecular flexibility index (Phi) is 6.45. The third-order valence-corrected chi connectivity index (χ3v) is 6.10. The van der Waals surface area contributed by atoms with E-state index in [4.69, 9.17) is 4.74 Å². The Morgan fingerprint density at radius 1 is 1.40 bits per heavy atom. The molecule has 2 aliphatic heterocycles. The van der Waals surface area contributed by atoms with E-state index < -0.39 is 28.4 Å². The lowest BCUT2D eigenvalue weighted by Crippen LogP contribution is -2.58. The van der Waals surface area contributed by atoms with Gasteiger partial charge in [-0.15, -0.1) is 0 Å². The molecule has 0 aliphatic carbocycles. The summed E-state index contributed by atoms with van der Waals surface area (Å²) < 4.78 is 46.4. The molecule has 13 heteroatoms. The second kappa shape index (κ2) is 9.21. The molecule has 1 saturated heterocycles. The summed E-state index contributed by atoms with van der Waals surface area (Å²) in [5.74, 6) is -0.297. The molecule has 2 aliphatic rings. The van der Waals surface area contributed by atoms with Gasteiger partial charge < -0.3 is 24.9 Å². The number of carbonyl (C=O) groups is 1. The molecule has 2 aromatic rings. The molecular formula is C22H24F3N5O5. The number of ether oxygens (including phenoxy) is 1. The number of imidazole rings is 1. The van der Waals surface area contributed by atoms with Crippen LogP contribution in [0.25, 0.3) is 6.08 Å². The molecule has 1 amide bonds. The van der Waals surface area contributed by atoms with Gasteiger partial charge in [-0.1, -0.05) is 24.3 Å². The first-order valence-electron chi connectivity index (χ1n) is 10.9. The van der Waals surface area contributed by atoms with Crippen LogP contribution >= 0.6 is 0 Å². The van der Waals surface area contributed by atoms with Crippen LogP contribution in [-0.4, -0.2) is 73.3 Å². The van der Waals surface area contributed by atoms with E-state index in [2.05, 4.69) is 9.88 Å². The molecule has 1 aromatic heterocycles. The third-order valence-electron chi connectivity index (χ3n) is 6.10. The molecule has 0 radical (unpaired) electrons. The number of hydrogen-bond acceptors (Lipinski definition) is 6. The third kappa shape index (κ3) is 5.56. The Balaban J connectivity index is 1.45. The van der Waals surface area contributed by atoms with Crippen molar-refractivity contribution in [2.75, 3.05) is 26.2 Å². The van der Waals surface area contributed by atoms with Crippen LogP contribution in [0.4, 0.5) is 23.8 Å². The van der Waals surface area contributed by atoms with Gasteiger partial charge in [-0.25, -0.2) is 4.79 Å². The van der Waals surface area contributed by atoms with E-state index in [1.807, 2.05) is 6.92 Å². The molecule has 10 nitrogen and oxygen atoms in total. The van der Waals surface area contributed by atoms with E-state index in [1.165, 1.54) is 17.2 Å². The summed E-state index contributed by atoms with van der Waals surface area (Å²) in [6, 6.07) is 4.91. The van der Waals surface area contributed by atoms with Crippen LogP contribution in [-0.2, 0) is 12.7 Å². The number of carboxylic acid groups (broad SMARTS) is 1. The fourth-order valence-electron chi connectivity index (χ4n) is 4.47. The number of alkyl halides is 3. The minimum Gasteiger partial charge on any atom is -0.465 e. The van der Waals surface area contributed by atoms with Gasteiger partial charge in [-0.3, -0.25) is 9.47 Å². The molecule has 188 valence electrons. The van der Waals surface area contributed by atoms with Crippen LogP contribution in [0, 0.1) is 10.1 Å². The molecule has 1 unspecified atom stereocenters. The molecule has 35 heavy (non-hydrogen) atoms. The number of hydrogen-bond donors (Lipinski definition) is 1. The first kappa shape index (κ1) is 24.5. The first-order chi connectivity index (χ1) is 16.4. The summed E-state index contributed by atoms with van der Waals surface area (Å²) in [5.41, 5.74) is -1.07. The Hall–Kier alpha value is -3.61. The number of piperazine rings is 1. The van der Waals surface area contributed by atoms with Crippen LogP contribution in [0.3, 0.4) is 0 Å². The van der Waals surface area contributed by atoms with Crippen molar-refractivity contribution >= 4 is 18.0 Å². The lowest BCUT2D eigenvalue weighted by atomic mass is 10.0. The lowest BCUT2D eigenvalue weighted by Gasteiger charge is -2.42. The molecule has 4 rings (SSSR count). The van der Waals surface area contributed by atoms with Crippen molar-refractivity contribution in [2.45, 2.75) is 37.7 Å². The van der Waals surface area contributed by atoms with Gasteiger partial charge in [-0.2, -0.15) is 13.2 Å². The van der Waals surface area contributed by atoms with Gasteiger partial charge in [0.25, 0.3) is 0 Å². The average molecular weight is 495 g/mol. The fraction of sp³-hybridized carbons (Fsp3) is 0.455. The maximum absolute atomic E-state index is 13.0. The first-order valence-corrected chi connectivity index (χ1v) is 10.9. The molecule has 3 heterocycles. The molecule has 0 bridgehead atoms. The molecular weight excluding hydrogens is 471 g/mol. The zero-order valence-corrected chi connectivity index (χ0v) is 18.8. The lowest BCUT2D eigenvalue weighted by molar-refractivity contribution is -0.389. The normalized spacial score (nSPS) is 22.9. The zero-order valence-electron chi connectivity index (χ0n) is 18.8. The monoisotopic (exact) mass is 495 g/mol. The van der Waals surface area contributed by atoms with E-state index in [0.29, 0.717) is 38.2 Å². The quantitative estimate of drug-likeness (QED) is 0.480. The van der Waals surface area contributed by atoms with Crippen LogP contribution < -0.4 is 4.74 Å². The average Bonchev–Trinajstić information content (AvgIpc) is 3.29. The zero-order chi connectivity index (χ0) is 25.4. The Morgan fingerprint density at radius 3 is 2.83 bits per heavy atom. The van der Waals surface area contributed by atoms with Gasteiger partial charge >= 0.3 is 24.1 Å². The molecule has 1 N–H and O–H groups in total. The summed E-state index contributed by atoms with van der Waals surface area (Å²) in [6.07, 6.45) is -0.408. The van der Waals surface area contributed by atoms with Crippen molar-refractivity contribution < 1.29 is 32.7 Å². The maximum atomic E-state index is 13.0. The van der Waals surface area contributed by atoms with Crippen LogP contribution in [0.5, 0.6) is 6.01 Å². The van der Waals surface area contributed by atoms with E-state index in [9.17, 15) is 33.2 Å². The number of aromatic nitrogens is 2. The number of rotatable bonds is 6. The molecule has 2 atom stereocenters. The summed E-state index contributed by atoms with van der Waals surface area (Å²) in [5, 5.41) is 20.4. The highest BCUT2D eigenvalue weighted by Gasteiger charge is 2.43. The number of halogens is 3. The highest BCUT2D eigenvalue weighted by atomic mass is 19.4. The van der Waals surface area contributed by atoms with Crippen molar-refractivity contribution in [3.8, 4) is 6.01 Å². The predicted molar refractivity (Wildman–Crippen MR) is 118 cm³/mol. The van der Waals surface area contributed by atoms with Gasteiger partial charge in [0, 0.05) is 37.2 Å². The Labute approximate surface area is 198 Å². The van der Waals surface area contributed by atoms with E-state index in [0.717, 1.165) is 12.1 Å². The van der Waals surface area contributed by atoms with Crippen LogP contribution in [0.1, 0.15) is 24.5 Å². The Bertz CT molecular complexity index is 1130. The minimum atomic E-state index is -4.43. The van der Waals surface area contributed by atoms with Crippen molar-refractivity contribution in [1.82, 2.24) is 19.4 Å². The van der Waals surface area contributed by atoms with Crippen LogP contribution in [0.2, 0.25) is 0 Å². The topological polar surface area (TPSA) is 114 Å². The van der Waals surface area contributed by atoms with Gasteiger partial charge in [0.1, 0.15) is 11.8 Å². The second-order valence-corrected chi connectivity index (χ2v) is 8.93. The summed E-state index contributed by atoms with van der Waals surface area (Å²) in [6.45, 7) is 3.58. The number of nitro groups is 1. The van der Waals surface area contributed by atoms with Gasteiger partial charge in [0.05, 0.1) is 12.1 Å². The van der Waals surface area contributed by atoms with Crippen molar-refractivity contribution in [2.24, 2.45) is 0 Å². The summed E-state index contributed by atoms with van der Waals surface area (Å²) >= 11 is 0. The maximum Gasteiger partial charge on any atom is 0.416 e. The number of fused-ring (bicyclic) bond motifs is 1. The number of benzene rings is 1. The molecule has 1 aromatic carbocycles. The number of amides is 1.